The first kappa shape index (κ1) is 11.9. The Balaban J connectivity index is 2.37. The summed E-state index contributed by atoms with van der Waals surface area (Å²) in [4.78, 5) is 0. The predicted molar refractivity (Wildman–Crippen MR) is 65.6 cm³/mol. The molecule has 0 aliphatic carbocycles. The first-order valence-electron chi connectivity index (χ1n) is 4.78. The summed E-state index contributed by atoms with van der Waals surface area (Å²) < 4.78 is 26.2. The Morgan fingerprint density at radius 1 is 1.35 bits per heavy atom. The van der Waals surface area contributed by atoms with Crippen LogP contribution in [0, 0.1) is 6.92 Å². The molecule has 17 heavy (non-hydrogen) atoms. The van der Waals surface area contributed by atoms with Crippen LogP contribution in [0.1, 0.15) is 5.56 Å². The number of hydrogen-bond donors (Lipinski definition) is 2. The molecule has 5 nitrogen and oxygen atoms in total. The van der Waals surface area contributed by atoms with Crippen molar-refractivity contribution >= 4 is 27.3 Å². The molecule has 7 heteroatoms. The molecule has 2 aromatic rings. The third-order valence-electron chi connectivity index (χ3n) is 2.28. The average Bonchev–Trinajstić information content (AvgIpc) is 2.78. The molecular formula is C10H10ClN3O2S. The maximum atomic E-state index is 11.9. The zero-order chi connectivity index (χ0) is 12.5. The normalized spacial score (nSPS) is 11.4. The summed E-state index contributed by atoms with van der Waals surface area (Å²) in [7, 11) is -3.64. The number of aromatic nitrogens is 2. The van der Waals surface area contributed by atoms with Gasteiger partial charge >= 0.3 is 0 Å². The number of aromatic amines is 1. The fraction of sp³-hybridized carbons (Fsp3) is 0.100. The highest BCUT2D eigenvalue weighted by Gasteiger charge is 2.16. The lowest BCUT2D eigenvalue weighted by atomic mass is 10.2. The number of benzene rings is 1. The van der Waals surface area contributed by atoms with Crippen molar-refractivity contribution in [3.63, 3.8) is 0 Å². The smallest absolute Gasteiger partial charge is 0.278 e. The molecule has 0 saturated heterocycles. The van der Waals surface area contributed by atoms with Gasteiger partial charge in [0.15, 0.2) is 5.03 Å². The summed E-state index contributed by atoms with van der Waals surface area (Å²) in [6.45, 7) is 1.74. The van der Waals surface area contributed by atoms with Gasteiger partial charge in [0.05, 0.1) is 11.9 Å². The highest BCUT2D eigenvalue weighted by Crippen LogP contribution is 2.24. The Kier molecular flexibility index (Phi) is 3.08. The van der Waals surface area contributed by atoms with Crippen LogP contribution in [-0.4, -0.2) is 18.6 Å². The molecule has 0 fully saturated rings. The molecule has 0 bridgehead atoms. The highest BCUT2D eigenvalue weighted by atomic mass is 35.5. The number of hydrogen-bond acceptors (Lipinski definition) is 3. The van der Waals surface area contributed by atoms with E-state index >= 15 is 0 Å². The Morgan fingerprint density at radius 3 is 2.76 bits per heavy atom. The number of nitrogens with zero attached hydrogens (tertiary/aromatic N) is 1. The van der Waals surface area contributed by atoms with Gasteiger partial charge in [0.25, 0.3) is 10.0 Å². The molecule has 2 rings (SSSR count). The lowest BCUT2D eigenvalue weighted by Crippen LogP contribution is -2.14. The molecule has 1 aromatic heterocycles. The molecule has 0 radical (unpaired) electrons. The summed E-state index contributed by atoms with van der Waals surface area (Å²) in [6, 6.07) is 6.41. The van der Waals surface area contributed by atoms with Gasteiger partial charge in [0.1, 0.15) is 0 Å². The monoisotopic (exact) mass is 271 g/mol. The predicted octanol–water partition coefficient (Wildman–Crippen LogP) is 2.17. The fourth-order valence-corrected chi connectivity index (χ4v) is 2.52. The average molecular weight is 272 g/mol. The summed E-state index contributed by atoms with van der Waals surface area (Å²) in [6.07, 6.45) is 1.37. The Hall–Kier alpha value is -1.53. The van der Waals surface area contributed by atoms with E-state index in [4.69, 9.17) is 11.6 Å². The molecule has 2 N–H and O–H groups in total. The van der Waals surface area contributed by atoms with Crippen LogP contribution in [0.4, 0.5) is 5.69 Å². The molecule has 0 amide bonds. The van der Waals surface area contributed by atoms with Gasteiger partial charge in [-0.2, -0.15) is 13.5 Å². The van der Waals surface area contributed by atoms with E-state index in [-0.39, 0.29) is 5.03 Å². The number of anilines is 1. The Bertz CT molecular complexity index is 623. The van der Waals surface area contributed by atoms with Crippen LogP contribution in [0.5, 0.6) is 0 Å². The van der Waals surface area contributed by atoms with Crippen molar-refractivity contribution in [1.82, 2.24) is 10.2 Å². The topological polar surface area (TPSA) is 74.8 Å². The maximum Gasteiger partial charge on any atom is 0.278 e. The van der Waals surface area contributed by atoms with Crippen molar-refractivity contribution in [2.24, 2.45) is 0 Å². The summed E-state index contributed by atoms with van der Waals surface area (Å²) in [5, 5.41) is 6.52. The molecule has 0 aliphatic rings. The summed E-state index contributed by atoms with van der Waals surface area (Å²) >= 11 is 5.91. The van der Waals surface area contributed by atoms with Crippen LogP contribution in [0.3, 0.4) is 0 Å². The zero-order valence-electron chi connectivity index (χ0n) is 8.94. The second-order valence-electron chi connectivity index (χ2n) is 3.44. The number of nitrogens with one attached hydrogen (secondary N) is 2. The van der Waals surface area contributed by atoms with Crippen LogP contribution in [0.2, 0.25) is 5.02 Å². The SMILES string of the molecule is Cc1c(Cl)cccc1NS(=O)(=O)c1ccn[nH]1. The van der Waals surface area contributed by atoms with Crippen LogP contribution >= 0.6 is 11.6 Å². The third kappa shape index (κ3) is 2.42. The molecule has 0 unspecified atom stereocenters. The number of sulfonamides is 1. The van der Waals surface area contributed by atoms with Crippen molar-refractivity contribution in [2.45, 2.75) is 11.9 Å². The molecular weight excluding hydrogens is 262 g/mol. The van der Waals surface area contributed by atoms with Crippen LogP contribution < -0.4 is 4.72 Å². The second kappa shape index (κ2) is 4.38. The minimum atomic E-state index is -3.64. The largest absolute Gasteiger partial charge is 0.278 e. The van der Waals surface area contributed by atoms with E-state index in [1.54, 1.807) is 25.1 Å². The number of halogens is 1. The highest BCUT2D eigenvalue weighted by molar-refractivity contribution is 7.92. The minimum absolute atomic E-state index is 0.0110. The third-order valence-corrected chi connectivity index (χ3v) is 3.98. The van der Waals surface area contributed by atoms with E-state index < -0.39 is 10.0 Å². The van der Waals surface area contributed by atoms with Gasteiger partial charge in [-0.25, -0.2) is 0 Å². The van der Waals surface area contributed by atoms with Gasteiger partial charge in [-0.3, -0.25) is 9.82 Å². The number of H-pyrrole nitrogens is 1. The van der Waals surface area contributed by atoms with Crippen molar-refractivity contribution in [2.75, 3.05) is 4.72 Å². The van der Waals surface area contributed by atoms with E-state index in [9.17, 15) is 8.42 Å². The van der Waals surface area contributed by atoms with Crippen molar-refractivity contribution in [3.05, 3.63) is 41.0 Å². The zero-order valence-corrected chi connectivity index (χ0v) is 10.5. The van der Waals surface area contributed by atoms with Crippen LogP contribution in [-0.2, 0) is 10.0 Å². The lowest BCUT2D eigenvalue weighted by molar-refractivity contribution is 0.597. The maximum absolute atomic E-state index is 11.9. The number of rotatable bonds is 3. The van der Waals surface area contributed by atoms with Crippen molar-refractivity contribution in [1.29, 1.82) is 0 Å². The fourth-order valence-electron chi connectivity index (χ4n) is 1.31. The van der Waals surface area contributed by atoms with Gasteiger partial charge in [0, 0.05) is 5.02 Å². The first-order chi connectivity index (χ1) is 8.00. The van der Waals surface area contributed by atoms with E-state index in [0.29, 0.717) is 16.3 Å². The molecule has 0 atom stereocenters. The molecule has 1 aromatic carbocycles. The molecule has 0 aliphatic heterocycles. The van der Waals surface area contributed by atoms with E-state index in [1.165, 1.54) is 12.3 Å². The first-order valence-corrected chi connectivity index (χ1v) is 6.64. The van der Waals surface area contributed by atoms with Gasteiger partial charge in [0.2, 0.25) is 0 Å². The minimum Gasteiger partial charge on any atom is -0.278 e. The van der Waals surface area contributed by atoms with Gasteiger partial charge in [-0.1, -0.05) is 17.7 Å². The van der Waals surface area contributed by atoms with Gasteiger partial charge < -0.3 is 0 Å². The van der Waals surface area contributed by atoms with E-state index in [2.05, 4.69) is 14.9 Å². The van der Waals surface area contributed by atoms with Crippen LogP contribution in [0.25, 0.3) is 0 Å². The Labute approximate surface area is 104 Å². The molecule has 0 spiro atoms. The van der Waals surface area contributed by atoms with Crippen molar-refractivity contribution < 1.29 is 8.42 Å². The Morgan fingerprint density at radius 2 is 2.12 bits per heavy atom. The molecule has 1 heterocycles. The van der Waals surface area contributed by atoms with Crippen LogP contribution in [0.15, 0.2) is 35.5 Å². The quantitative estimate of drug-likeness (QED) is 0.898. The lowest BCUT2D eigenvalue weighted by Gasteiger charge is -2.09. The van der Waals surface area contributed by atoms with Gasteiger partial charge in [-0.05, 0) is 30.7 Å². The summed E-state index contributed by atoms with van der Waals surface area (Å²) in [5.74, 6) is 0. The summed E-state index contributed by atoms with van der Waals surface area (Å²) in [5.41, 5.74) is 1.13. The van der Waals surface area contributed by atoms with E-state index in [1.807, 2.05) is 0 Å². The van der Waals surface area contributed by atoms with Crippen molar-refractivity contribution in [3.8, 4) is 0 Å². The van der Waals surface area contributed by atoms with Gasteiger partial charge in [-0.15, -0.1) is 0 Å². The molecule has 0 saturated carbocycles. The van der Waals surface area contributed by atoms with E-state index in [0.717, 1.165) is 0 Å². The second-order valence-corrected chi connectivity index (χ2v) is 5.50. The molecule has 90 valence electrons. The standard InChI is InChI=1S/C10H10ClN3O2S/c1-7-8(11)3-2-4-9(7)14-17(15,16)10-5-6-12-13-10/h2-6,14H,1H3,(H,12,13).